The van der Waals surface area contributed by atoms with Crippen LogP contribution in [0.1, 0.15) is 28.7 Å². The summed E-state index contributed by atoms with van der Waals surface area (Å²) >= 11 is 5.05. The van der Waals surface area contributed by atoms with Crippen molar-refractivity contribution in [1.29, 1.82) is 0 Å². The number of carbonyl (C=O) groups is 1. The number of nitrogens with one attached hydrogen (secondary N) is 1. The van der Waals surface area contributed by atoms with Gasteiger partial charge in [-0.2, -0.15) is 14.9 Å². The summed E-state index contributed by atoms with van der Waals surface area (Å²) in [5, 5.41) is 10.8. The Morgan fingerprint density at radius 1 is 1.55 bits per heavy atom. The van der Waals surface area contributed by atoms with Gasteiger partial charge in [-0.3, -0.25) is 5.10 Å². The van der Waals surface area contributed by atoms with Gasteiger partial charge in [0.2, 0.25) is 4.77 Å². The Balaban J connectivity index is 2.35. The van der Waals surface area contributed by atoms with E-state index in [4.69, 9.17) is 17.0 Å². The van der Waals surface area contributed by atoms with Crippen molar-refractivity contribution in [3.63, 3.8) is 0 Å². The van der Waals surface area contributed by atoms with Crippen molar-refractivity contribution in [2.24, 2.45) is 5.10 Å². The number of aromatic amines is 1. The van der Waals surface area contributed by atoms with Gasteiger partial charge in [0.05, 0.1) is 18.4 Å². The molecule has 0 unspecified atom stereocenters. The number of esters is 1. The van der Waals surface area contributed by atoms with Crippen molar-refractivity contribution >= 4 is 24.4 Å². The van der Waals surface area contributed by atoms with Crippen LogP contribution in [-0.2, 0) is 4.74 Å². The molecule has 6 nitrogen and oxygen atoms in total. The molecule has 1 N–H and O–H groups in total. The van der Waals surface area contributed by atoms with Crippen LogP contribution in [0.4, 0.5) is 0 Å². The molecule has 0 saturated heterocycles. The molecule has 104 valence electrons. The molecular weight excluding hydrogens is 276 g/mol. The summed E-state index contributed by atoms with van der Waals surface area (Å²) in [6.07, 6.45) is 1.56. The van der Waals surface area contributed by atoms with Gasteiger partial charge in [0.1, 0.15) is 5.82 Å². The number of hydrogen-bond acceptors (Lipinski definition) is 5. The van der Waals surface area contributed by atoms with Crippen LogP contribution in [0.15, 0.2) is 29.4 Å². The van der Waals surface area contributed by atoms with E-state index in [1.54, 1.807) is 38.3 Å². The number of rotatable bonds is 4. The molecule has 0 saturated carbocycles. The Kier molecular flexibility index (Phi) is 4.41. The summed E-state index contributed by atoms with van der Waals surface area (Å²) in [6, 6.07) is 7.08. The highest BCUT2D eigenvalue weighted by Crippen LogP contribution is 2.08. The second kappa shape index (κ2) is 6.25. The summed E-state index contributed by atoms with van der Waals surface area (Å²) in [6.45, 7) is 3.87. The fourth-order valence-corrected chi connectivity index (χ4v) is 1.86. The molecule has 2 aromatic rings. The highest BCUT2D eigenvalue weighted by atomic mass is 32.1. The van der Waals surface area contributed by atoms with Gasteiger partial charge in [0.15, 0.2) is 0 Å². The van der Waals surface area contributed by atoms with Crippen molar-refractivity contribution in [1.82, 2.24) is 14.9 Å². The highest BCUT2D eigenvalue weighted by molar-refractivity contribution is 7.71. The van der Waals surface area contributed by atoms with Crippen LogP contribution in [0.3, 0.4) is 0 Å². The molecule has 1 aromatic heterocycles. The van der Waals surface area contributed by atoms with E-state index < -0.39 is 0 Å². The predicted octanol–water partition coefficient (Wildman–Crippen LogP) is 2.31. The Bertz CT molecular complexity index is 702. The van der Waals surface area contributed by atoms with E-state index in [0.29, 0.717) is 28.3 Å². The van der Waals surface area contributed by atoms with E-state index in [-0.39, 0.29) is 5.97 Å². The van der Waals surface area contributed by atoms with E-state index in [1.807, 2.05) is 6.07 Å². The van der Waals surface area contributed by atoms with Gasteiger partial charge >= 0.3 is 5.97 Å². The highest BCUT2D eigenvalue weighted by Gasteiger charge is 2.10. The zero-order valence-electron chi connectivity index (χ0n) is 11.2. The predicted molar refractivity (Wildman–Crippen MR) is 77.5 cm³/mol. The smallest absolute Gasteiger partial charge is 0.338 e. The molecule has 0 amide bonds. The summed E-state index contributed by atoms with van der Waals surface area (Å²) < 4.78 is 6.89. The van der Waals surface area contributed by atoms with Crippen LogP contribution in [0.2, 0.25) is 0 Å². The third-order valence-electron chi connectivity index (χ3n) is 2.58. The normalized spacial score (nSPS) is 10.9. The largest absolute Gasteiger partial charge is 0.462 e. The van der Waals surface area contributed by atoms with Gasteiger partial charge in [0.25, 0.3) is 0 Å². The van der Waals surface area contributed by atoms with Crippen molar-refractivity contribution in [3.8, 4) is 0 Å². The van der Waals surface area contributed by atoms with Gasteiger partial charge < -0.3 is 4.74 Å². The van der Waals surface area contributed by atoms with Crippen molar-refractivity contribution < 1.29 is 9.53 Å². The summed E-state index contributed by atoms with van der Waals surface area (Å²) in [4.78, 5) is 11.8. The third-order valence-corrected chi connectivity index (χ3v) is 2.84. The number of aromatic nitrogens is 3. The van der Waals surface area contributed by atoms with E-state index in [1.165, 1.54) is 4.68 Å². The first-order chi connectivity index (χ1) is 9.63. The standard InChI is InChI=1S/C13H14N4O2S/c1-3-19-12(18)11-7-5-4-6-10(11)8-14-17-9(2)15-16-13(17)20/h4-8H,3H2,1-2H3,(H,16,20). The Labute approximate surface area is 121 Å². The number of benzene rings is 1. The number of nitrogens with zero attached hydrogens (tertiary/aromatic N) is 3. The maximum absolute atomic E-state index is 11.8. The molecule has 0 radical (unpaired) electrons. The summed E-state index contributed by atoms with van der Waals surface area (Å²) in [5.41, 5.74) is 1.12. The van der Waals surface area contributed by atoms with Gasteiger partial charge in [-0.15, -0.1) is 0 Å². The maximum atomic E-state index is 11.8. The first-order valence-corrected chi connectivity index (χ1v) is 6.49. The molecule has 0 aliphatic carbocycles. The van der Waals surface area contributed by atoms with Crippen LogP contribution >= 0.6 is 12.2 Å². The Hall–Kier alpha value is -2.28. The fraction of sp³-hybridized carbons (Fsp3) is 0.231. The van der Waals surface area contributed by atoms with Gasteiger partial charge in [-0.25, -0.2) is 4.79 Å². The van der Waals surface area contributed by atoms with Gasteiger partial charge in [-0.1, -0.05) is 18.2 Å². The van der Waals surface area contributed by atoms with E-state index in [0.717, 1.165) is 0 Å². The third kappa shape index (κ3) is 3.00. The molecule has 0 aliphatic heterocycles. The molecule has 20 heavy (non-hydrogen) atoms. The summed E-state index contributed by atoms with van der Waals surface area (Å²) in [5.74, 6) is 0.266. The lowest BCUT2D eigenvalue weighted by Crippen LogP contribution is -2.08. The molecule has 0 aliphatic rings. The maximum Gasteiger partial charge on any atom is 0.338 e. The molecule has 7 heteroatoms. The second-order valence-electron chi connectivity index (χ2n) is 3.94. The van der Waals surface area contributed by atoms with Crippen LogP contribution < -0.4 is 0 Å². The molecule has 1 heterocycles. The van der Waals surface area contributed by atoms with E-state index >= 15 is 0 Å². The zero-order valence-corrected chi connectivity index (χ0v) is 12.0. The van der Waals surface area contributed by atoms with Crippen molar-refractivity contribution in [2.45, 2.75) is 13.8 Å². The number of aryl methyl sites for hydroxylation is 1. The molecule has 0 spiro atoms. The number of carbonyl (C=O) groups excluding carboxylic acids is 1. The zero-order chi connectivity index (χ0) is 14.5. The Morgan fingerprint density at radius 2 is 2.30 bits per heavy atom. The van der Waals surface area contributed by atoms with Crippen LogP contribution in [0, 0.1) is 11.7 Å². The van der Waals surface area contributed by atoms with E-state index in [9.17, 15) is 4.79 Å². The molecule has 0 atom stereocenters. The van der Waals surface area contributed by atoms with Crippen LogP contribution in [-0.4, -0.2) is 33.7 Å². The van der Waals surface area contributed by atoms with Crippen molar-refractivity contribution in [2.75, 3.05) is 6.61 Å². The van der Waals surface area contributed by atoms with Crippen LogP contribution in [0.25, 0.3) is 0 Å². The molecular formula is C13H14N4O2S. The monoisotopic (exact) mass is 290 g/mol. The minimum Gasteiger partial charge on any atom is -0.462 e. The molecule has 0 bridgehead atoms. The first-order valence-electron chi connectivity index (χ1n) is 6.08. The van der Waals surface area contributed by atoms with E-state index in [2.05, 4.69) is 15.3 Å². The Morgan fingerprint density at radius 3 is 2.95 bits per heavy atom. The summed E-state index contributed by atoms with van der Waals surface area (Å²) in [7, 11) is 0. The second-order valence-corrected chi connectivity index (χ2v) is 4.33. The fourth-order valence-electron chi connectivity index (χ4n) is 1.63. The minimum absolute atomic E-state index is 0.330. The lowest BCUT2D eigenvalue weighted by molar-refractivity contribution is 0.0526. The van der Waals surface area contributed by atoms with Crippen molar-refractivity contribution in [3.05, 3.63) is 46.0 Å². The average Bonchev–Trinajstić information content (AvgIpc) is 2.76. The number of ether oxygens (including phenoxy) is 1. The quantitative estimate of drug-likeness (QED) is 0.533. The number of H-pyrrole nitrogens is 1. The van der Waals surface area contributed by atoms with Gasteiger partial charge in [-0.05, 0) is 32.1 Å². The first kappa shape index (κ1) is 14.1. The topological polar surface area (TPSA) is 72.3 Å². The average molecular weight is 290 g/mol. The minimum atomic E-state index is -0.373. The van der Waals surface area contributed by atoms with Gasteiger partial charge in [0, 0.05) is 5.56 Å². The lowest BCUT2D eigenvalue weighted by Gasteiger charge is -2.04. The lowest BCUT2D eigenvalue weighted by atomic mass is 10.1. The number of hydrogen-bond donors (Lipinski definition) is 1. The molecule has 1 aromatic carbocycles. The molecule has 0 fully saturated rings. The van der Waals surface area contributed by atoms with Crippen LogP contribution in [0.5, 0.6) is 0 Å². The molecule has 2 rings (SSSR count). The SMILES string of the molecule is CCOC(=O)c1ccccc1C=Nn1c(C)n[nH]c1=S.